The van der Waals surface area contributed by atoms with Gasteiger partial charge in [0.15, 0.2) is 6.61 Å². The summed E-state index contributed by atoms with van der Waals surface area (Å²) in [7, 11) is 1.50. The van der Waals surface area contributed by atoms with Crippen molar-refractivity contribution in [2.45, 2.75) is 6.92 Å². The molecule has 0 bridgehead atoms. The van der Waals surface area contributed by atoms with Crippen LogP contribution in [0.2, 0.25) is 5.02 Å². The molecule has 0 aliphatic carbocycles. The summed E-state index contributed by atoms with van der Waals surface area (Å²) in [5.41, 5.74) is 2.29. The maximum Gasteiger partial charge on any atom is 0.344 e. The zero-order valence-electron chi connectivity index (χ0n) is 17.5. The van der Waals surface area contributed by atoms with Crippen LogP contribution in [0.1, 0.15) is 5.56 Å². The first kappa shape index (κ1) is 21.5. The molecule has 0 spiro atoms. The minimum absolute atomic E-state index is 0.202. The predicted molar refractivity (Wildman–Crippen MR) is 125 cm³/mol. The van der Waals surface area contributed by atoms with E-state index in [1.165, 1.54) is 7.11 Å². The molecule has 1 N–H and O–H groups in total. The van der Waals surface area contributed by atoms with Crippen molar-refractivity contribution in [3.8, 4) is 22.6 Å². The number of hydrogen-bond donors (Lipinski definition) is 1. The SMILES string of the molecule is COc1ccc(-c2cc3ccccc3oc2=O)cc1NC(=O)COc1ccc(Cl)c(C)c1. The van der Waals surface area contributed by atoms with E-state index in [2.05, 4.69) is 5.32 Å². The number of benzene rings is 3. The molecule has 1 heterocycles. The Morgan fingerprint density at radius 3 is 2.66 bits per heavy atom. The average Bonchev–Trinajstić information content (AvgIpc) is 2.79. The number of fused-ring (bicyclic) bond motifs is 1. The summed E-state index contributed by atoms with van der Waals surface area (Å²) in [4.78, 5) is 25.0. The lowest BCUT2D eigenvalue weighted by Crippen LogP contribution is -2.20. The highest BCUT2D eigenvalue weighted by molar-refractivity contribution is 6.31. The minimum atomic E-state index is -0.465. The molecule has 0 fully saturated rings. The molecule has 0 aliphatic heterocycles. The van der Waals surface area contributed by atoms with E-state index in [1.807, 2.05) is 19.1 Å². The molecule has 0 radical (unpaired) electrons. The number of ether oxygens (including phenoxy) is 2. The number of aryl methyl sites for hydroxylation is 1. The fourth-order valence-corrected chi connectivity index (χ4v) is 3.40. The van der Waals surface area contributed by atoms with Gasteiger partial charge in [0.2, 0.25) is 0 Å². The van der Waals surface area contributed by atoms with Gasteiger partial charge in [0.25, 0.3) is 5.91 Å². The van der Waals surface area contributed by atoms with Crippen molar-refractivity contribution in [1.82, 2.24) is 0 Å². The zero-order valence-corrected chi connectivity index (χ0v) is 18.2. The number of anilines is 1. The van der Waals surface area contributed by atoms with Crippen LogP contribution in [-0.4, -0.2) is 19.6 Å². The molecule has 0 saturated heterocycles. The molecule has 0 saturated carbocycles. The average molecular weight is 450 g/mol. The summed E-state index contributed by atoms with van der Waals surface area (Å²) >= 11 is 6.02. The molecule has 0 atom stereocenters. The molecular formula is C25H20ClNO5. The molecule has 0 aliphatic rings. The summed E-state index contributed by atoms with van der Waals surface area (Å²) in [6.07, 6.45) is 0. The monoisotopic (exact) mass is 449 g/mol. The Morgan fingerprint density at radius 1 is 1.06 bits per heavy atom. The second kappa shape index (κ2) is 9.16. The van der Waals surface area contributed by atoms with Gasteiger partial charge in [-0.2, -0.15) is 0 Å². The lowest BCUT2D eigenvalue weighted by molar-refractivity contribution is -0.118. The molecule has 32 heavy (non-hydrogen) atoms. The molecule has 1 amide bonds. The fourth-order valence-electron chi connectivity index (χ4n) is 3.28. The van der Waals surface area contributed by atoms with Crippen LogP contribution in [0.4, 0.5) is 5.69 Å². The smallest absolute Gasteiger partial charge is 0.344 e. The molecule has 3 aromatic carbocycles. The van der Waals surface area contributed by atoms with Crippen LogP contribution in [0.15, 0.2) is 75.9 Å². The number of para-hydroxylation sites is 1. The first-order valence-electron chi connectivity index (χ1n) is 9.84. The quantitative estimate of drug-likeness (QED) is 0.396. The van der Waals surface area contributed by atoms with E-state index in [0.717, 1.165) is 10.9 Å². The number of rotatable bonds is 6. The minimum Gasteiger partial charge on any atom is -0.495 e. The molecule has 162 valence electrons. The van der Waals surface area contributed by atoms with Gasteiger partial charge in [0, 0.05) is 10.4 Å². The lowest BCUT2D eigenvalue weighted by atomic mass is 10.0. The highest BCUT2D eigenvalue weighted by Crippen LogP contribution is 2.30. The first-order chi connectivity index (χ1) is 15.4. The summed E-state index contributed by atoms with van der Waals surface area (Å²) < 4.78 is 16.3. The van der Waals surface area contributed by atoms with Crippen molar-refractivity contribution in [1.29, 1.82) is 0 Å². The van der Waals surface area contributed by atoms with Gasteiger partial charge in [-0.1, -0.05) is 35.9 Å². The van der Waals surface area contributed by atoms with Crippen LogP contribution in [0.25, 0.3) is 22.1 Å². The Morgan fingerprint density at radius 2 is 1.88 bits per heavy atom. The second-order valence-electron chi connectivity index (χ2n) is 7.15. The summed E-state index contributed by atoms with van der Waals surface area (Å²) in [5, 5.41) is 4.20. The van der Waals surface area contributed by atoms with Crippen molar-refractivity contribution < 1.29 is 18.7 Å². The van der Waals surface area contributed by atoms with Crippen molar-refractivity contribution in [2.24, 2.45) is 0 Å². The highest BCUT2D eigenvalue weighted by Gasteiger charge is 2.13. The van der Waals surface area contributed by atoms with Crippen LogP contribution in [0.5, 0.6) is 11.5 Å². The third-order valence-corrected chi connectivity index (χ3v) is 5.35. The van der Waals surface area contributed by atoms with Gasteiger partial charge < -0.3 is 19.2 Å². The third-order valence-electron chi connectivity index (χ3n) is 4.93. The van der Waals surface area contributed by atoms with E-state index in [9.17, 15) is 9.59 Å². The molecule has 6 nitrogen and oxygen atoms in total. The molecule has 7 heteroatoms. The second-order valence-corrected chi connectivity index (χ2v) is 7.56. The molecule has 4 rings (SSSR count). The Labute approximate surface area is 189 Å². The van der Waals surface area contributed by atoms with E-state index >= 15 is 0 Å². The highest BCUT2D eigenvalue weighted by atomic mass is 35.5. The maximum absolute atomic E-state index is 12.5. The predicted octanol–water partition coefficient (Wildman–Crippen LogP) is 5.45. The van der Waals surface area contributed by atoms with Gasteiger partial charge in [0.05, 0.1) is 18.4 Å². The lowest BCUT2D eigenvalue weighted by Gasteiger charge is -2.13. The van der Waals surface area contributed by atoms with Gasteiger partial charge in [-0.15, -0.1) is 0 Å². The Bertz CT molecular complexity index is 1360. The van der Waals surface area contributed by atoms with Crippen molar-refractivity contribution in [2.75, 3.05) is 19.0 Å². The van der Waals surface area contributed by atoms with Crippen LogP contribution < -0.4 is 20.4 Å². The van der Waals surface area contributed by atoms with Crippen molar-refractivity contribution >= 4 is 34.2 Å². The van der Waals surface area contributed by atoms with E-state index in [4.69, 9.17) is 25.5 Å². The number of amides is 1. The summed E-state index contributed by atoms with van der Waals surface area (Å²) in [6.45, 7) is 1.65. The summed E-state index contributed by atoms with van der Waals surface area (Å²) in [5.74, 6) is 0.616. The largest absolute Gasteiger partial charge is 0.495 e. The number of carbonyl (C=O) groups is 1. The number of halogens is 1. The van der Waals surface area contributed by atoms with Crippen LogP contribution in [-0.2, 0) is 4.79 Å². The normalized spacial score (nSPS) is 10.7. The van der Waals surface area contributed by atoms with Gasteiger partial charge >= 0.3 is 5.63 Å². The van der Waals surface area contributed by atoms with Gasteiger partial charge in [-0.25, -0.2) is 4.79 Å². The topological polar surface area (TPSA) is 77.8 Å². The Balaban J connectivity index is 1.57. The standard InChI is InChI=1S/C25H20ClNO5/c1-15-11-18(8-9-20(15)26)31-14-24(28)27-21-13-16(7-10-23(21)30-2)19-12-17-5-3-4-6-22(17)32-25(19)29/h3-13H,14H2,1-2H3,(H,27,28). The number of methoxy groups -OCH3 is 1. The van der Waals surface area contributed by atoms with Gasteiger partial charge in [-0.05, 0) is 60.5 Å². The number of nitrogens with one attached hydrogen (secondary N) is 1. The third kappa shape index (κ3) is 4.60. The maximum atomic E-state index is 12.5. The molecule has 4 aromatic rings. The van der Waals surface area contributed by atoms with E-state index in [-0.39, 0.29) is 12.5 Å². The Hall–Kier alpha value is -3.77. The van der Waals surface area contributed by atoms with E-state index in [0.29, 0.717) is 38.9 Å². The van der Waals surface area contributed by atoms with E-state index in [1.54, 1.807) is 54.6 Å². The molecule has 0 unspecified atom stereocenters. The zero-order chi connectivity index (χ0) is 22.7. The van der Waals surface area contributed by atoms with Crippen molar-refractivity contribution in [3.05, 3.63) is 87.7 Å². The van der Waals surface area contributed by atoms with Crippen molar-refractivity contribution in [3.63, 3.8) is 0 Å². The van der Waals surface area contributed by atoms with Crippen LogP contribution >= 0.6 is 11.6 Å². The first-order valence-corrected chi connectivity index (χ1v) is 10.2. The van der Waals surface area contributed by atoms with Crippen LogP contribution in [0.3, 0.4) is 0 Å². The van der Waals surface area contributed by atoms with Gasteiger partial charge in [-0.3, -0.25) is 4.79 Å². The Kier molecular flexibility index (Phi) is 6.14. The molecule has 1 aromatic heterocycles. The van der Waals surface area contributed by atoms with Gasteiger partial charge in [0.1, 0.15) is 17.1 Å². The number of carbonyl (C=O) groups excluding carboxylic acids is 1. The fraction of sp³-hybridized carbons (Fsp3) is 0.120. The van der Waals surface area contributed by atoms with Crippen LogP contribution in [0, 0.1) is 6.92 Å². The number of hydrogen-bond acceptors (Lipinski definition) is 5. The van der Waals surface area contributed by atoms with E-state index < -0.39 is 5.63 Å². The summed E-state index contributed by atoms with van der Waals surface area (Å²) in [6, 6.07) is 19.3. The molecular weight excluding hydrogens is 430 g/mol.